The van der Waals surface area contributed by atoms with Gasteiger partial charge >= 0.3 is 0 Å². The molecule has 0 aromatic carbocycles. The van der Waals surface area contributed by atoms with Crippen molar-refractivity contribution in [1.82, 2.24) is 15.0 Å². The van der Waals surface area contributed by atoms with Crippen LogP contribution in [0.25, 0.3) is 0 Å². The molecule has 2 heterocycles. The molecule has 5 nitrogen and oxygen atoms in total. The van der Waals surface area contributed by atoms with Gasteiger partial charge < -0.3 is 10.1 Å². The fourth-order valence-corrected chi connectivity index (χ4v) is 2.20. The molecule has 0 aliphatic carbocycles. The summed E-state index contributed by atoms with van der Waals surface area (Å²) >= 11 is 1.62. The highest BCUT2D eigenvalue weighted by Crippen LogP contribution is 2.22. The Bertz CT molecular complexity index is 460. The number of nitrogens with one attached hydrogen (secondary N) is 1. The Balaban J connectivity index is 2.13. The Morgan fingerprint density at radius 3 is 2.94 bits per heavy atom. The number of hydrogen-bond acceptors (Lipinski definition) is 6. The van der Waals surface area contributed by atoms with E-state index in [0.717, 1.165) is 11.4 Å². The Morgan fingerprint density at radius 1 is 1.41 bits per heavy atom. The largest absolute Gasteiger partial charge is 0.481 e. The van der Waals surface area contributed by atoms with Crippen molar-refractivity contribution in [2.75, 3.05) is 12.4 Å². The molecular weight excluding hydrogens is 236 g/mol. The number of hydrogen-bond donors (Lipinski definition) is 1. The van der Waals surface area contributed by atoms with Crippen LogP contribution in [0.2, 0.25) is 0 Å². The van der Waals surface area contributed by atoms with Crippen LogP contribution in [0.4, 0.5) is 5.95 Å². The first-order chi connectivity index (χ1) is 8.33. The minimum atomic E-state index is 0.141. The summed E-state index contributed by atoms with van der Waals surface area (Å²) in [5.41, 5.74) is 0. The van der Waals surface area contributed by atoms with Gasteiger partial charge in [0.05, 0.1) is 13.2 Å². The summed E-state index contributed by atoms with van der Waals surface area (Å²) in [5, 5.41) is 6.26. The number of methoxy groups -OCH3 is 1. The monoisotopic (exact) mass is 250 g/mol. The molecule has 0 saturated carbocycles. The molecule has 0 bridgehead atoms. The fraction of sp³-hybridized carbons (Fsp3) is 0.364. The van der Waals surface area contributed by atoms with Crippen LogP contribution in [0.3, 0.4) is 0 Å². The van der Waals surface area contributed by atoms with Crippen LogP contribution in [0.15, 0.2) is 23.8 Å². The van der Waals surface area contributed by atoms with E-state index < -0.39 is 0 Å². The van der Waals surface area contributed by atoms with E-state index in [1.54, 1.807) is 36.9 Å². The lowest BCUT2D eigenvalue weighted by Gasteiger charge is -2.14. The van der Waals surface area contributed by atoms with E-state index in [2.05, 4.69) is 27.2 Å². The normalized spacial score (nSPS) is 12.1. The first kappa shape index (κ1) is 11.8. The van der Waals surface area contributed by atoms with Crippen LogP contribution in [0, 0.1) is 0 Å². The first-order valence-corrected chi connectivity index (χ1v) is 6.24. The molecule has 1 unspecified atom stereocenters. The highest BCUT2D eigenvalue weighted by atomic mass is 32.1. The van der Waals surface area contributed by atoms with E-state index in [9.17, 15) is 0 Å². The van der Waals surface area contributed by atoms with Crippen molar-refractivity contribution >= 4 is 17.3 Å². The predicted octanol–water partition coefficient (Wildman–Crippen LogP) is 2.50. The second-order valence-corrected chi connectivity index (χ2v) is 4.32. The number of aromatic nitrogens is 3. The third-order valence-corrected chi connectivity index (χ3v) is 3.19. The van der Waals surface area contributed by atoms with Crippen molar-refractivity contribution in [1.29, 1.82) is 0 Å². The summed E-state index contributed by atoms with van der Waals surface area (Å²) in [5.74, 6) is 1.11. The first-order valence-electron chi connectivity index (χ1n) is 5.36. The van der Waals surface area contributed by atoms with Crippen LogP contribution in [0.1, 0.15) is 24.4 Å². The molecule has 17 heavy (non-hydrogen) atoms. The molecule has 0 fully saturated rings. The van der Waals surface area contributed by atoms with Crippen LogP contribution in [-0.2, 0) is 0 Å². The lowest BCUT2D eigenvalue weighted by molar-refractivity contribution is 0.397. The summed E-state index contributed by atoms with van der Waals surface area (Å²) in [6.07, 6.45) is 4.40. The van der Waals surface area contributed by atoms with E-state index in [4.69, 9.17) is 4.74 Å². The van der Waals surface area contributed by atoms with Gasteiger partial charge in [-0.25, -0.2) is 9.97 Å². The zero-order valence-corrected chi connectivity index (χ0v) is 10.6. The zero-order valence-electron chi connectivity index (χ0n) is 9.75. The van der Waals surface area contributed by atoms with E-state index in [1.807, 2.05) is 5.38 Å². The van der Waals surface area contributed by atoms with E-state index in [-0.39, 0.29) is 6.04 Å². The third kappa shape index (κ3) is 2.91. The second kappa shape index (κ2) is 5.58. The van der Waals surface area contributed by atoms with E-state index in [1.165, 1.54) is 0 Å². The predicted molar refractivity (Wildman–Crippen MR) is 67.4 cm³/mol. The fourth-order valence-electron chi connectivity index (χ4n) is 1.43. The maximum atomic E-state index is 5.06. The molecule has 0 amide bonds. The Kier molecular flexibility index (Phi) is 3.87. The molecule has 1 atom stereocenters. The van der Waals surface area contributed by atoms with Crippen molar-refractivity contribution in [2.24, 2.45) is 0 Å². The van der Waals surface area contributed by atoms with Gasteiger partial charge in [0.25, 0.3) is 0 Å². The quantitative estimate of drug-likeness (QED) is 0.883. The topological polar surface area (TPSA) is 59.9 Å². The van der Waals surface area contributed by atoms with Gasteiger partial charge in [0, 0.05) is 23.8 Å². The molecule has 0 radical (unpaired) electrons. The summed E-state index contributed by atoms with van der Waals surface area (Å²) in [7, 11) is 1.59. The molecular formula is C11H14N4OS. The zero-order chi connectivity index (χ0) is 12.1. The van der Waals surface area contributed by atoms with E-state index in [0.29, 0.717) is 11.8 Å². The van der Waals surface area contributed by atoms with Crippen molar-refractivity contribution < 1.29 is 4.74 Å². The van der Waals surface area contributed by atoms with Gasteiger partial charge in [-0.3, -0.25) is 0 Å². The van der Waals surface area contributed by atoms with Gasteiger partial charge in [-0.1, -0.05) is 6.92 Å². The van der Waals surface area contributed by atoms with Gasteiger partial charge in [-0.15, -0.1) is 11.3 Å². The van der Waals surface area contributed by atoms with Crippen LogP contribution >= 0.6 is 11.3 Å². The smallest absolute Gasteiger partial charge is 0.226 e. The number of anilines is 1. The maximum absolute atomic E-state index is 5.06. The van der Waals surface area contributed by atoms with Gasteiger partial charge in [-0.2, -0.15) is 4.98 Å². The van der Waals surface area contributed by atoms with Crippen LogP contribution < -0.4 is 10.1 Å². The van der Waals surface area contributed by atoms with Crippen LogP contribution in [-0.4, -0.2) is 22.1 Å². The molecule has 0 aliphatic rings. The van der Waals surface area contributed by atoms with Gasteiger partial charge in [0.2, 0.25) is 11.8 Å². The highest BCUT2D eigenvalue weighted by Gasteiger charge is 2.13. The van der Waals surface area contributed by atoms with Crippen molar-refractivity contribution in [3.05, 3.63) is 28.8 Å². The minimum absolute atomic E-state index is 0.141. The standard InChI is InChI=1S/C11H14N4OS/c1-3-8(10-12-6-7-17-10)14-11-13-5-4-9(15-11)16-2/h4-8H,3H2,1-2H3,(H,13,14,15). The molecule has 0 aliphatic heterocycles. The summed E-state index contributed by atoms with van der Waals surface area (Å²) in [4.78, 5) is 12.7. The average Bonchev–Trinajstić information content (AvgIpc) is 2.90. The Hall–Kier alpha value is -1.69. The van der Waals surface area contributed by atoms with Gasteiger partial charge in [-0.05, 0) is 6.42 Å². The van der Waals surface area contributed by atoms with Crippen molar-refractivity contribution in [3.8, 4) is 5.88 Å². The summed E-state index contributed by atoms with van der Waals surface area (Å²) < 4.78 is 5.06. The molecule has 2 rings (SSSR count). The average molecular weight is 250 g/mol. The van der Waals surface area contributed by atoms with Gasteiger partial charge in [0.15, 0.2) is 0 Å². The lowest BCUT2D eigenvalue weighted by atomic mass is 10.2. The van der Waals surface area contributed by atoms with Crippen molar-refractivity contribution in [3.63, 3.8) is 0 Å². The summed E-state index contributed by atoms with van der Waals surface area (Å²) in [6, 6.07) is 1.86. The third-order valence-electron chi connectivity index (χ3n) is 2.30. The Morgan fingerprint density at radius 2 is 2.29 bits per heavy atom. The number of thiazole rings is 1. The van der Waals surface area contributed by atoms with E-state index >= 15 is 0 Å². The summed E-state index contributed by atoms with van der Waals surface area (Å²) in [6.45, 7) is 2.10. The minimum Gasteiger partial charge on any atom is -0.481 e. The second-order valence-electron chi connectivity index (χ2n) is 3.40. The number of ether oxygens (including phenoxy) is 1. The SMILES string of the molecule is CCC(Nc1nccc(OC)n1)c1nccs1. The molecule has 6 heteroatoms. The molecule has 1 N–H and O–H groups in total. The lowest BCUT2D eigenvalue weighted by Crippen LogP contribution is -2.11. The van der Waals surface area contributed by atoms with Crippen LogP contribution in [0.5, 0.6) is 5.88 Å². The number of nitrogens with zero attached hydrogens (tertiary/aromatic N) is 3. The molecule has 2 aromatic rings. The molecule has 90 valence electrons. The Labute approximate surface area is 104 Å². The molecule has 0 spiro atoms. The maximum Gasteiger partial charge on any atom is 0.226 e. The highest BCUT2D eigenvalue weighted by molar-refractivity contribution is 7.09. The number of rotatable bonds is 5. The van der Waals surface area contributed by atoms with Crippen molar-refractivity contribution in [2.45, 2.75) is 19.4 Å². The molecule has 0 saturated heterocycles. The van der Waals surface area contributed by atoms with Gasteiger partial charge in [0.1, 0.15) is 5.01 Å². The molecule has 2 aromatic heterocycles.